The maximum absolute atomic E-state index is 11.8. The van der Waals surface area contributed by atoms with Crippen molar-refractivity contribution in [2.75, 3.05) is 13.2 Å². The molecule has 2 aliphatic rings. The molecule has 2 unspecified atom stereocenters. The summed E-state index contributed by atoms with van der Waals surface area (Å²) in [6.45, 7) is 2.73. The van der Waals surface area contributed by atoms with Crippen LogP contribution < -0.4 is 0 Å². The number of esters is 1. The van der Waals surface area contributed by atoms with Crippen LogP contribution in [0.4, 0.5) is 0 Å². The molecule has 0 bridgehead atoms. The molecule has 5 heteroatoms. The number of ether oxygens (including phenoxy) is 1. The average Bonchev–Trinajstić information content (AvgIpc) is 2.31. The summed E-state index contributed by atoms with van der Waals surface area (Å²) in [4.78, 5) is 25.0. The summed E-state index contributed by atoms with van der Waals surface area (Å²) in [5.74, 6) is -0.456. The predicted molar refractivity (Wildman–Crippen MR) is 64.5 cm³/mol. The van der Waals surface area contributed by atoms with Crippen molar-refractivity contribution in [3.8, 4) is 0 Å². The highest BCUT2D eigenvalue weighted by molar-refractivity contribution is 5.78. The minimum atomic E-state index is -1.12. The van der Waals surface area contributed by atoms with Gasteiger partial charge in [-0.05, 0) is 32.6 Å². The molecule has 1 amide bonds. The fraction of sp³-hybridized carbons (Fsp3) is 0.846. The van der Waals surface area contributed by atoms with Crippen LogP contribution in [-0.4, -0.2) is 40.8 Å². The first-order valence-electron chi connectivity index (χ1n) is 6.76. The van der Waals surface area contributed by atoms with E-state index in [-0.39, 0.29) is 24.2 Å². The Morgan fingerprint density at radius 1 is 1.56 bits per heavy atom. The summed E-state index contributed by atoms with van der Waals surface area (Å²) in [6, 6.07) is 0. The monoisotopic (exact) mass is 255 g/mol. The lowest BCUT2D eigenvalue weighted by molar-refractivity contribution is -0.202. The van der Waals surface area contributed by atoms with Gasteiger partial charge in [0.2, 0.25) is 5.91 Å². The predicted octanol–water partition coefficient (Wildman–Crippen LogP) is 1.05. The molecule has 0 spiro atoms. The van der Waals surface area contributed by atoms with Gasteiger partial charge in [0.05, 0.1) is 13.0 Å². The number of carbonyl (C=O) groups is 2. The zero-order chi connectivity index (χ0) is 13.2. The maximum Gasteiger partial charge on any atom is 0.306 e. The van der Waals surface area contributed by atoms with E-state index in [1.54, 1.807) is 11.8 Å². The van der Waals surface area contributed by atoms with E-state index in [0.29, 0.717) is 32.4 Å². The summed E-state index contributed by atoms with van der Waals surface area (Å²) in [7, 11) is 0. The number of aliphatic hydroxyl groups is 1. The second kappa shape index (κ2) is 5.26. The van der Waals surface area contributed by atoms with Crippen LogP contribution in [0.1, 0.15) is 45.4 Å². The number of hydrogen-bond donors (Lipinski definition) is 1. The molecule has 2 saturated heterocycles. The Bertz CT molecular complexity index is 344. The van der Waals surface area contributed by atoms with E-state index >= 15 is 0 Å². The standard InChI is InChI=1S/C13H21NO4/c1-2-18-12(16)9-10-5-4-8-14-11(15)6-3-7-13(10,14)17/h10,17H,2-9H2,1H3. The van der Waals surface area contributed by atoms with Crippen molar-refractivity contribution >= 4 is 11.9 Å². The van der Waals surface area contributed by atoms with E-state index in [1.807, 2.05) is 0 Å². The Morgan fingerprint density at radius 2 is 2.33 bits per heavy atom. The number of hydrogen-bond acceptors (Lipinski definition) is 4. The zero-order valence-corrected chi connectivity index (χ0v) is 10.9. The van der Waals surface area contributed by atoms with Crippen molar-refractivity contribution in [1.82, 2.24) is 4.90 Å². The van der Waals surface area contributed by atoms with Crippen molar-refractivity contribution in [3.05, 3.63) is 0 Å². The molecule has 0 aliphatic carbocycles. The molecular formula is C13H21NO4. The molecule has 2 aliphatic heterocycles. The van der Waals surface area contributed by atoms with Crippen LogP contribution in [0.2, 0.25) is 0 Å². The Morgan fingerprint density at radius 3 is 3.06 bits per heavy atom. The summed E-state index contributed by atoms with van der Waals surface area (Å²) < 4.78 is 4.94. The van der Waals surface area contributed by atoms with Gasteiger partial charge in [-0.1, -0.05) is 0 Å². The highest BCUT2D eigenvalue weighted by Gasteiger charge is 2.49. The third-order valence-corrected chi connectivity index (χ3v) is 4.01. The van der Waals surface area contributed by atoms with Crippen molar-refractivity contribution in [3.63, 3.8) is 0 Å². The second-order valence-electron chi connectivity index (χ2n) is 5.13. The van der Waals surface area contributed by atoms with Crippen LogP contribution in [0.5, 0.6) is 0 Å². The van der Waals surface area contributed by atoms with E-state index in [1.165, 1.54) is 0 Å². The van der Waals surface area contributed by atoms with E-state index < -0.39 is 5.72 Å². The van der Waals surface area contributed by atoms with Gasteiger partial charge >= 0.3 is 5.97 Å². The zero-order valence-electron chi connectivity index (χ0n) is 10.9. The second-order valence-corrected chi connectivity index (χ2v) is 5.13. The van der Waals surface area contributed by atoms with E-state index in [0.717, 1.165) is 12.8 Å². The number of nitrogens with zero attached hydrogens (tertiary/aromatic N) is 1. The quantitative estimate of drug-likeness (QED) is 0.765. The third-order valence-electron chi connectivity index (χ3n) is 4.01. The molecule has 102 valence electrons. The molecule has 0 aromatic carbocycles. The van der Waals surface area contributed by atoms with Crippen LogP contribution >= 0.6 is 0 Å². The van der Waals surface area contributed by atoms with Gasteiger partial charge in [-0.25, -0.2) is 0 Å². The van der Waals surface area contributed by atoms with Gasteiger partial charge < -0.3 is 14.7 Å². The number of piperidine rings is 2. The van der Waals surface area contributed by atoms with E-state index in [2.05, 4.69) is 0 Å². The van der Waals surface area contributed by atoms with Crippen molar-refractivity contribution in [1.29, 1.82) is 0 Å². The summed E-state index contributed by atoms with van der Waals surface area (Å²) >= 11 is 0. The van der Waals surface area contributed by atoms with Crippen molar-refractivity contribution in [2.24, 2.45) is 5.92 Å². The summed E-state index contributed by atoms with van der Waals surface area (Å²) in [6.07, 6.45) is 3.60. The number of carbonyl (C=O) groups excluding carboxylic acids is 2. The van der Waals surface area contributed by atoms with Gasteiger partial charge in [-0.3, -0.25) is 9.59 Å². The average molecular weight is 255 g/mol. The Kier molecular flexibility index (Phi) is 3.90. The molecule has 0 aromatic rings. The van der Waals surface area contributed by atoms with Gasteiger partial charge in [0.15, 0.2) is 0 Å². The molecule has 2 rings (SSSR count). The summed E-state index contributed by atoms with van der Waals surface area (Å²) in [5.41, 5.74) is -1.12. The molecule has 0 saturated carbocycles. The van der Waals surface area contributed by atoms with E-state index in [4.69, 9.17) is 4.74 Å². The van der Waals surface area contributed by atoms with Gasteiger partial charge in [-0.15, -0.1) is 0 Å². The third kappa shape index (κ3) is 2.36. The van der Waals surface area contributed by atoms with Gasteiger partial charge in [0.1, 0.15) is 5.72 Å². The normalized spacial score (nSPS) is 32.0. The SMILES string of the molecule is CCOC(=O)CC1CCCN2C(=O)CCCC12O. The van der Waals surface area contributed by atoms with Crippen LogP contribution in [-0.2, 0) is 14.3 Å². The van der Waals surface area contributed by atoms with Crippen LogP contribution in [0, 0.1) is 5.92 Å². The number of amides is 1. The van der Waals surface area contributed by atoms with Crippen LogP contribution in [0.3, 0.4) is 0 Å². The maximum atomic E-state index is 11.8. The van der Waals surface area contributed by atoms with Gasteiger partial charge in [0.25, 0.3) is 0 Å². The Balaban J connectivity index is 2.09. The lowest BCUT2D eigenvalue weighted by Gasteiger charge is -2.50. The number of fused-ring (bicyclic) bond motifs is 1. The van der Waals surface area contributed by atoms with E-state index in [9.17, 15) is 14.7 Å². The minimum absolute atomic E-state index is 0.0114. The Labute approximate surface area is 107 Å². The minimum Gasteiger partial charge on any atom is -0.466 e. The lowest BCUT2D eigenvalue weighted by Crippen LogP contribution is -2.61. The summed E-state index contributed by atoms with van der Waals surface area (Å²) in [5, 5.41) is 10.7. The largest absolute Gasteiger partial charge is 0.466 e. The molecule has 5 nitrogen and oxygen atoms in total. The molecule has 2 atom stereocenters. The van der Waals surface area contributed by atoms with Gasteiger partial charge in [0, 0.05) is 18.9 Å². The first kappa shape index (κ1) is 13.3. The van der Waals surface area contributed by atoms with Crippen molar-refractivity contribution in [2.45, 2.75) is 51.2 Å². The molecule has 18 heavy (non-hydrogen) atoms. The highest BCUT2D eigenvalue weighted by atomic mass is 16.5. The molecule has 0 radical (unpaired) electrons. The molecule has 0 aromatic heterocycles. The molecule has 2 fully saturated rings. The van der Waals surface area contributed by atoms with Crippen LogP contribution in [0.15, 0.2) is 0 Å². The fourth-order valence-corrected chi connectivity index (χ4v) is 3.14. The molecular weight excluding hydrogens is 234 g/mol. The molecule has 2 heterocycles. The topological polar surface area (TPSA) is 66.8 Å². The van der Waals surface area contributed by atoms with Crippen molar-refractivity contribution < 1.29 is 19.4 Å². The molecule has 1 N–H and O–H groups in total. The first-order valence-corrected chi connectivity index (χ1v) is 6.76. The Hall–Kier alpha value is -1.10. The highest BCUT2D eigenvalue weighted by Crippen LogP contribution is 2.40. The lowest BCUT2D eigenvalue weighted by atomic mass is 9.78. The van der Waals surface area contributed by atoms with Gasteiger partial charge in [-0.2, -0.15) is 0 Å². The van der Waals surface area contributed by atoms with Crippen LogP contribution in [0.25, 0.3) is 0 Å². The smallest absolute Gasteiger partial charge is 0.306 e. The fourth-order valence-electron chi connectivity index (χ4n) is 3.14. The first-order chi connectivity index (χ1) is 8.58. The number of rotatable bonds is 3.